The molecule has 0 atom stereocenters. The van der Waals surface area contributed by atoms with E-state index in [2.05, 4.69) is 32.9 Å². The molecule has 0 radical (unpaired) electrons. The van der Waals surface area contributed by atoms with Crippen LogP contribution in [0.2, 0.25) is 0 Å². The van der Waals surface area contributed by atoms with Crippen LogP contribution in [0.1, 0.15) is 31.9 Å². The van der Waals surface area contributed by atoms with E-state index in [0.717, 1.165) is 17.1 Å². The Bertz CT molecular complexity index is 538. The molecule has 0 spiro atoms. The van der Waals surface area contributed by atoms with Gasteiger partial charge in [0.2, 0.25) is 0 Å². The SMILES string of the molecule is CC(C)(C)c1ccc(Oc2cccc(CCl)c2)cc1. The van der Waals surface area contributed by atoms with Crippen molar-refractivity contribution in [3.8, 4) is 11.5 Å². The van der Waals surface area contributed by atoms with Crippen LogP contribution in [0.3, 0.4) is 0 Å². The molecule has 100 valence electrons. The maximum absolute atomic E-state index is 5.83. The molecule has 2 aromatic rings. The van der Waals surface area contributed by atoms with Crippen LogP contribution in [-0.4, -0.2) is 0 Å². The highest BCUT2D eigenvalue weighted by Crippen LogP contribution is 2.27. The number of rotatable bonds is 3. The van der Waals surface area contributed by atoms with Crippen LogP contribution in [0, 0.1) is 0 Å². The van der Waals surface area contributed by atoms with Gasteiger partial charge in [0.25, 0.3) is 0 Å². The Labute approximate surface area is 120 Å². The summed E-state index contributed by atoms with van der Waals surface area (Å²) in [5.74, 6) is 2.17. The third-order valence-corrected chi connectivity index (χ3v) is 3.32. The zero-order valence-electron chi connectivity index (χ0n) is 11.6. The Balaban J connectivity index is 2.15. The standard InChI is InChI=1S/C17H19ClO/c1-17(2,3)14-7-9-15(10-8-14)19-16-6-4-5-13(11-16)12-18/h4-11H,12H2,1-3H3. The summed E-state index contributed by atoms with van der Waals surface area (Å²) in [5.41, 5.74) is 2.52. The van der Waals surface area contributed by atoms with Gasteiger partial charge in [-0.25, -0.2) is 0 Å². The topological polar surface area (TPSA) is 9.23 Å². The highest BCUT2D eigenvalue weighted by Gasteiger charge is 2.13. The Morgan fingerprint density at radius 1 is 0.947 bits per heavy atom. The zero-order chi connectivity index (χ0) is 13.9. The minimum absolute atomic E-state index is 0.164. The molecule has 0 saturated carbocycles. The molecule has 0 heterocycles. The molecule has 0 aliphatic heterocycles. The molecule has 2 rings (SSSR count). The Morgan fingerprint density at radius 2 is 1.63 bits per heavy atom. The first-order valence-corrected chi connectivity index (χ1v) is 6.96. The second-order valence-corrected chi connectivity index (χ2v) is 5.92. The summed E-state index contributed by atoms with van der Waals surface area (Å²) < 4.78 is 5.83. The highest BCUT2D eigenvalue weighted by molar-refractivity contribution is 6.17. The predicted molar refractivity (Wildman–Crippen MR) is 81.2 cm³/mol. The number of benzene rings is 2. The molecule has 19 heavy (non-hydrogen) atoms. The molecule has 2 aromatic carbocycles. The smallest absolute Gasteiger partial charge is 0.127 e. The molecule has 0 bridgehead atoms. The Hall–Kier alpha value is -1.47. The molecule has 0 saturated heterocycles. The summed E-state index contributed by atoms with van der Waals surface area (Å²) in [6.07, 6.45) is 0. The van der Waals surface area contributed by atoms with Crippen LogP contribution in [0.5, 0.6) is 11.5 Å². The first kappa shape index (κ1) is 14.0. The van der Waals surface area contributed by atoms with Crippen LogP contribution in [0.4, 0.5) is 0 Å². The van der Waals surface area contributed by atoms with Crippen LogP contribution in [0.25, 0.3) is 0 Å². The van der Waals surface area contributed by atoms with Gasteiger partial charge in [-0.2, -0.15) is 0 Å². The maximum atomic E-state index is 5.83. The molecule has 0 fully saturated rings. The second kappa shape index (κ2) is 5.66. The molecule has 0 amide bonds. The zero-order valence-corrected chi connectivity index (χ0v) is 12.4. The lowest BCUT2D eigenvalue weighted by atomic mass is 9.87. The van der Waals surface area contributed by atoms with Crippen molar-refractivity contribution in [1.29, 1.82) is 0 Å². The van der Waals surface area contributed by atoms with Crippen LogP contribution >= 0.6 is 11.6 Å². The largest absolute Gasteiger partial charge is 0.457 e. The fourth-order valence-electron chi connectivity index (χ4n) is 1.85. The molecule has 0 aliphatic carbocycles. The third kappa shape index (κ3) is 3.74. The van der Waals surface area contributed by atoms with E-state index in [4.69, 9.17) is 16.3 Å². The van der Waals surface area contributed by atoms with E-state index >= 15 is 0 Å². The van der Waals surface area contributed by atoms with Gasteiger partial charge in [-0.05, 0) is 40.8 Å². The summed E-state index contributed by atoms with van der Waals surface area (Å²) in [4.78, 5) is 0. The number of halogens is 1. The third-order valence-electron chi connectivity index (χ3n) is 3.01. The Morgan fingerprint density at radius 3 is 2.21 bits per heavy atom. The number of alkyl halides is 1. The van der Waals surface area contributed by atoms with Crippen molar-refractivity contribution in [2.75, 3.05) is 0 Å². The summed E-state index contributed by atoms with van der Waals surface area (Å²) in [7, 11) is 0. The van der Waals surface area contributed by atoms with Gasteiger partial charge in [0.05, 0.1) is 0 Å². The number of hydrogen-bond acceptors (Lipinski definition) is 1. The summed E-state index contributed by atoms with van der Waals surface area (Å²) in [5, 5.41) is 0. The molecule has 0 N–H and O–H groups in total. The summed E-state index contributed by atoms with van der Waals surface area (Å²) in [6.45, 7) is 6.60. The predicted octanol–water partition coefficient (Wildman–Crippen LogP) is 5.52. The normalized spacial score (nSPS) is 11.4. The molecule has 0 aliphatic rings. The van der Waals surface area contributed by atoms with Gasteiger partial charge >= 0.3 is 0 Å². The minimum Gasteiger partial charge on any atom is -0.457 e. The lowest BCUT2D eigenvalue weighted by molar-refractivity contribution is 0.481. The number of ether oxygens (including phenoxy) is 1. The van der Waals surface area contributed by atoms with Crippen molar-refractivity contribution < 1.29 is 4.74 Å². The lowest BCUT2D eigenvalue weighted by Gasteiger charge is -2.19. The molecule has 1 nitrogen and oxygen atoms in total. The van der Waals surface area contributed by atoms with Gasteiger partial charge in [0, 0.05) is 5.88 Å². The summed E-state index contributed by atoms with van der Waals surface area (Å²) >= 11 is 5.82. The van der Waals surface area contributed by atoms with Gasteiger partial charge in [0.15, 0.2) is 0 Å². The fourth-order valence-corrected chi connectivity index (χ4v) is 2.02. The van der Waals surface area contributed by atoms with Crippen LogP contribution < -0.4 is 4.74 Å². The number of hydrogen-bond donors (Lipinski definition) is 0. The van der Waals surface area contributed by atoms with E-state index in [0.29, 0.717) is 5.88 Å². The van der Waals surface area contributed by atoms with Crippen molar-refractivity contribution in [2.24, 2.45) is 0 Å². The summed E-state index contributed by atoms with van der Waals surface area (Å²) in [6, 6.07) is 16.1. The van der Waals surface area contributed by atoms with E-state index in [9.17, 15) is 0 Å². The monoisotopic (exact) mass is 274 g/mol. The van der Waals surface area contributed by atoms with Crippen molar-refractivity contribution in [3.63, 3.8) is 0 Å². The Kier molecular flexibility index (Phi) is 4.16. The second-order valence-electron chi connectivity index (χ2n) is 5.66. The van der Waals surface area contributed by atoms with E-state index in [1.165, 1.54) is 5.56 Å². The highest BCUT2D eigenvalue weighted by atomic mass is 35.5. The first-order chi connectivity index (χ1) is 8.99. The molecular formula is C17H19ClO. The molecule has 0 aromatic heterocycles. The van der Waals surface area contributed by atoms with Crippen LogP contribution in [0.15, 0.2) is 48.5 Å². The minimum atomic E-state index is 0.164. The average Bonchev–Trinajstić information content (AvgIpc) is 2.38. The van der Waals surface area contributed by atoms with Gasteiger partial charge in [-0.3, -0.25) is 0 Å². The van der Waals surface area contributed by atoms with Gasteiger partial charge in [-0.15, -0.1) is 11.6 Å². The van der Waals surface area contributed by atoms with Crippen molar-refractivity contribution in [1.82, 2.24) is 0 Å². The molecule has 0 unspecified atom stereocenters. The van der Waals surface area contributed by atoms with E-state index in [-0.39, 0.29) is 5.41 Å². The van der Waals surface area contributed by atoms with Crippen LogP contribution in [-0.2, 0) is 11.3 Å². The van der Waals surface area contributed by atoms with Crippen molar-refractivity contribution in [2.45, 2.75) is 32.1 Å². The van der Waals surface area contributed by atoms with Gasteiger partial charge in [0.1, 0.15) is 11.5 Å². The quantitative estimate of drug-likeness (QED) is 0.670. The van der Waals surface area contributed by atoms with Crippen molar-refractivity contribution in [3.05, 3.63) is 59.7 Å². The first-order valence-electron chi connectivity index (χ1n) is 6.42. The molecule has 2 heteroatoms. The molecular weight excluding hydrogens is 256 g/mol. The van der Waals surface area contributed by atoms with E-state index in [1.54, 1.807) is 0 Å². The van der Waals surface area contributed by atoms with Crippen molar-refractivity contribution >= 4 is 11.6 Å². The van der Waals surface area contributed by atoms with Gasteiger partial charge < -0.3 is 4.74 Å². The van der Waals surface area contributed by atoms with E-state index < -0.39 is 0 Å². The fraction of sp³-hybridized carbons (Fsp3) is 0.294. The lowest BCUT2D eigenvalue weighted by Crippen LogP contribution is -2.10. The average molecular weight is 275 g/mol. The van der Waals surface area contributed by atoms with Gasteiger partial charge in [-0.1, -0.05) is 45.0 Å². The van der Waals surface area contributed by atoms with E-state index in [1.807, 2.05) is 36.4 Å². The maximum Gasteiger partial charge on any atom is 0.127 e.